The van der Waals surface area contributed by atoms with Crippen molar-refractivity contribution in [3.63, 3.8) is 0 Å². The van der Waals surface area contributed by atoms with Gasteiger partial charge in [0.15, 0.2) is 5.96 Å². The van der Waals surface area contributed by atoms with Crippen LogP contribution in [0.5, 0.6) is 0 Å². The third kappa shape index (κ3) is 5.71. The van der Waals surface area contributed by atoms with E-state index < -0.39 is 0 Å². The van der Waals surface area contributed by atoms with Crippen molar-refractivity contribution in [1.82, 2.24) is 20.4 Å². The molecule has 1 atom stereocenters. The zero-order valence-corrected chi connectivity index (χ0v) is 17.4. The lowest BCUT2D eigenvalue weighted by molar-refractivity contribution is -0.139. The van der Waals surface area contributed by atoms with Gasteiger partial charge in [0, 0.05) is 45.2 Å². The second-order valence-corrected chi connectivity index (χ2v) is 7.83. The summed E-state index contributed by atoms with van der Waals surface area (Å²) in [6.45, 7) is 10.4. The van der Waals surface area contributed by atoms with Crippen molar-refractivity contribution in [2.75, 3.05) is 45.8 Å². The van der Waals surface area contributed by atoms with E-state index in [1.54, 1.807) is 0 Å². The van der Waals surface area contributed by atoms with E-state index in [-0.39, 0.29) is 6.04 Å². The second kappa shape index (κ2) is 10.5. The predicted octanol–water partition coefficient (Wildman–Crippen LogP) is 2.25. The molecule has 6 nitrogen and oxygen atoms in total. The maximum atomic E-state index is 12.4. The highest BCUT2D eigenvalue weighted by molar-refractivity contribution is 5.80. The number of carbonyl (C=O) groups is 1. The van der Waals surface area contributed by atoms with Gasteiger partial charge in [0.25, 0.3) is 0 Å². The fourth-order valence-electron chi connectivity index (χ4n) is 3.76. The van der Waals surface area contributed by atoms with Gasteiger partial charge < -0.3 is 15.5 Å². The minimum atomic E-state index is 0.208. The first-order valence-electron chi connectivity index (χ1n) is 10.8. The maximum Gasteiger partial charge on any atom is 0.225 e. The van der Waals surface area contributed by atoms with Crippen LogP contribution < -0.4 is 10.6 Å². The number of carbonyl (C=O) groups excluding carboxylic acids is 1. The van der Waals surface area contributed by atoms with Gasteiger partial charge in [-0.1, -0.05) is 36.8 Å². The highest BCUT2D eigenvalue weighted by Gasteiger charge is 2.30. The van der Waals surface area contributed by atoms with Gasteiger partial charge in [-0.25, -0.2) is 0 Å². The van der Waals surface area contributed by atoms with Crippen LogP contribution in [-0.4, -0.2) is 67.5 Å². The van der Waals surface area contributed by atoms with E-state index in [0.29, 0.717) is 11.8 Å². The molecule has 1 unspecified atom stereocenters. The summed E-state index contributed by atoms with van der Waals surface area (Å²) in [5.41, 5.74) is 1.25. The number of piperazine rings is 1. The first-order valence-corrected chi connectivity index (χ1v) is 10.8. The SMILES string of the molecule is CCNC(=NCCN1CCN(C(=O)C2CCC2)CC1)NC(C)c1ccccc1. The molecule has 1 aromatic carbocycles. The molecular weight excluding hydrogens is 350 g/mol. The fourth-order valence-corrected chi connectivity index (χ4v) is 3.76. The van der Waals surface area contributed by atoms with E-state index in [9.17, 15) is 4.79 Å². The van der Waals surface area contributed by atoms with Gasteiger partial charge in [-0.2, -0.15) is 0 Å². The van der Waals surface area contributed by atoms with Crippen molar-refractivity contribution >= 4 is 11.9 Å². The highest BCUT2D eigenvalue weighted by atomic mass is 16.2. The standard InChI is InChI=1S/C22H35N5O/c1-3-23-22(25-18(2)19-8-5-4-6-9-19)24-12-13-26-14-16-27(17-15-26)21(28)20-10-7-11-20/h4-6,8-9,18,20H,3,7,10-17H2,1-2H3,(H2,23,24,25). The summed E-state index contributed by atoms with van der Waals surface area (Å²) in [5.74, 6) is 1.56. The van der Waals surface area contributed by atoms with E-state index in [1.165, 1.54) is 12.0 Å². The molecule has 1 amide bonds. The molecule has 1 saturated heterocycles. The number of nitrogens with zero attached hydrogens (tertiary/aromatic N) is 3. The predicted molar refractivity (Wildman–Crippen MR) is 114 cm³/mol. The van der Waals surface area contributed by atoms with Crippen LogP contribution in [0.15, 0.2) is 35.3 Å². The Bertz CT molecular complexity index is 636. The smallest absolute Gasteiger partial charge is 0.225 e. The Hall–Kier alpha value is -2.08. The van der Waals surface area contributed by atoms with E-state index >= 15 is 0 Å². The maximum absolute atomic E-state index is 12.4. The Morgan fingerprint density at radius 3 is 2.50 bits per heavy atom. The molecular formula is C22H35N5O. The summed E-state index contributed by atoms with van der Waals surface area (Å²) in [6, 6.07) is 10.6. The van der Waals surface area contributed by atoms with Crippen molar-refractivity contribution < 1.29 is 4.79 Å². The van der Waals surface area contributed by atoms with Gasteiger partial charge in [0.1, 0.15) is 0 Å². The lowest BCUT2D eigenvalue weighted by Gasteiger charge is -2.38. The lowest BCUT2D eigenvalue weighted by Crippen LogP contribution is -2.51. The largest absolute Gasteiger partial charge is 0.357 e. The summed E-state index contributed by atoms with van der Waals surface area (Å²) in [6.07, 6.45) is 3.41. The number of benzene rings is 1. The molecule has 0 bridgehead atoms. The lowest BCUT2D eigenvalue weighted by atomic mass is 9.84. The summed E-state index contributed by atoms with van der Waals surface area (Å²) in [7, 11) is 0. The van der Waals surface area contributed by atoms with Crippen molar-refractivity contribution in [2.45, 2.75) is 39.2 Å². The number of rotatable bonds is 7. The van der Waals surface area contributed by atoms with Gasteiger partial charge in [-0.15, -0.1) is 0 Å². The van der Waals surface area contributed by atoms with Crippen LogP contribution in [0.4, 0.5) is 0 Å². The zero-order chi connectivity index (χ0) is 19.8. The van der Waals surface area contributed by atoms with E-state index in [4.69, 9.17) is 4.99 Å². The minimum absolute atomic E-state index is 0.208. The first kappa shape index (κ1) is 20.6. The number of amides is 1. The van der Waals surface area contributed by atoms with Gasteiger partial charge in [0.2, 0.25) is 5.91 Å². The van der Waals surface area contributed by atoms with Crippen LogP contribution in [0, 0.1) is 5.92 Å². The van der Waals surface area contributed by atoms with Crippen molar-refractivity contribution in [1.29, 1.82) is 0 Å². The van der Waals surface area contributed by atoms with Crippen molar-refractivity contribution in [2.24, 2.45) is 10.9 Å². The number of nitrogens with one attached hydrogen (secondary N) is 2. The average molecular weight is 386 g/mol. The Balaban J connectivity index is 1.42. The summed E-state index contributed by atoms with van der Waals surface area (Å²) >= 11 is 0. The normalized spacial score (nSPS) is 19.8. The molecule has 0 aromatic heterocycles. The molecule has 1 aromatic rings. The monoisotopic (exact) mass is 385 g/mol. The van der Waals surface area contributed by atoms with Crippen LogP contribution in [0.25, 0.3) is 0 Å². The van der Waals surface area contributed by atoms with Gasteiger partial charge in [-0.3, -0.25) is 14.7 Å². The molecule has 2 aliphatic rings. The van der Waals surface area contributed by atoms with Crippen LogP contribution >= 0.6 is 0 Å². The van der Waals surface area contributed by atoms with E-state index in [2.05, 4.69) is 58.5 Å². The molecule has 1 heterocycles. The number of hydrogen-bond donors (Lipinski definition) is 2. The summed E-state index contributed by atoms with van der Waals surface area (Å²) in [4.78, 5) is 21.6. The third-order valence-corrected chi connectivity index (χ3v) is 5.82. The van der Waals surface area contributed by atoms with E-state index in [0.717, 1.165) is 64.6 Å². The molecule has 1 aliphatic heterocycles. The molecule has 2 fully saturated rings. The molecule has 3 rings (SSSR count). The van der Waals surface area contributed by atoms with Crippen LogP contribution in [-0.2, 0) is 4.79 Å². The Kier molecular flexibility index (Phi) is 7.71. The molecule has 1 saturated carbocycles. The molecule has 1 aliphatic carbocycles. The minimum Gasteiger partial charge on any atom is -0.357 e. The number of hydrogen-bond acceptors (Lipinski definition) is 3. The van der Waals surface area contributed by atoms with Crippen molar-refractivity contribution in [3.8, 4) is 0 Å². The van der Waals surface area contributed by atoms with Crippen LogP contribution in [0.2, 0.25) is 0 Å². The first-order chi connectivity index (χ1) is 13.7. The number of guanidine groups is 1. The molecule has 0 spiro atoms. The molecule has 6 heteroatoms. The van der Waals surface area contributed by atoms with Crippen molar-refractivity contribution in [3.05, 3.63) is 35.9 Å². The number of aliphatic imine (C=N–C) groups is 1. The average Bonchev–Trinajstić information content (AvgIpc) is 2.68. The quantitative estimate of drug-likeness (QED) is 0.558. The molecule has 2 N–H and O–H groups in total. The van der Waals surface area contributed by atoms with Crippen LogP contribution in [0.1, 0.15) is 44.7 Å². The summed E-state index contributed by atoms with van der Waals surface area (Å²) < 4.78 is 0. The molecule has 28 heavy (non-hydrogen) atoms. The topological polar surface area (TPSA) is 60.0 Å². The van der Waals surface area contributed by atoms with Gasteiger partial charge in [-0.05, 0) is 32.3 Å². The second-order valence-electron chi connectivity index (χ2n) is 7.83. The Morgan fingerprint density at radius 2 is 1.89 bits per heavy atom. The molecule has 154 valence electrons. The van der Waals surface area contributed by atoms with E-state index in [1.807, 2.05) is 6.07 Å². The molecule has 0 radical (unpaired) electrons. The van der Waals surface area contributed by atoms with Gasteiger partial charge >= 0.3 is 0 Å². The third-order valence-electron chi connectivity index (χ3n) is 5.82. The zero-order valence-electron chi connectivity index (χ0n) is 17.4. The highest BCUT2D eigenvalue weighted by Crippen LogP contribution is 2.28. The summed E-state index contributed by atoms with van der Waals surface area (Å²) in [5, 5.41) is 6.82. The fraction of sp³-hybridized carbons (Fsp3) is 0.636. The van der Waals surface area contributed by atoms with Crippen LogP contribution in [0.3, 0.4) is 0 Å². The van der Waals surface area contributed by atoms with Gasteiger partial charge in [0.05, 0.1) is 12.6 Å². The Morgan fingerprint density at radius 1 is 1.18 bits per heavy atom. The Labute approximate surface area is 169 Å².